The summed E-state index contributed by atoms with van der Waals surface area (Å²) in [5.74, 6) is 0.188. The van der Waals surface area contributed by atoms with Gasteiger partial charge in [0.1, 0.15) is 5.75 Å². The summed E-state index contributed by atoms with van der Waals surface area (Å²) in [5.41, 5.74) is 1.87. The molecule has 1 aromatic carbocycles. The molecule has 1 N–H and O–H groups in total. The minimum atomic E-state index is -0.442. The molecule has 3 rings (SSSR count). The Morgan fingerprint density at radius 3 is 2.61 bits per heavy atom. The molecule has 7 heteroatoms. The molecule has 2 aromatic rings. The van der Waals surface area contributed by atoms with E-state index in [1.54, 1.807) is 7.11 Å². The fourth-order valence-corrected chi connectivity index (χ4v) is 4.37. The van der Waals surface area contributed by atoms with Gasteiger partial charge in [0.2, 0.25) is 11.8 Å². The van der Waals surface area contributed by atoms with Gasteiger partial charge >= 0.3 is 0 Å². The number of anilines is 1. The van der Waals surface area contributed by atoms with Crippen molar-refractivity contribution < 1.29 is 14.3 Å². The highest BCUT2D eigenvalue weighted by Crippen LogP contribution is 2.39. The van der Waals surface area contributed by atoms with E-state index in [0.29, 0.717) is 11.7 Å². The van der Waals surface area contributed by atoms with Crippen LogP contribution in [-0.4, -0.2) is 35.4 Å². The monoisotopic (exact) mass is 401 g/mol. The lowest BCUT2D eigenvalue weighted by Crippen LogP contribution is -2.33. The molecule has 0 bridgehead atoms. The predicted octanol–water partition coefficient (Wildman–Crippen LogP) is 4.10. The summed E-state index contributed by atoms with van der Waals surface area (Å²) in [6.45, 7) is 6.66. The number of unbranched alkanes of at least 4 members (excludes halogenated alkanes) is 1. The first kappa shape index (κ1) is 20.3. The zero-order valence-electron chi connectivity index (χ0n) is 16.8. The molecular weight excluding hydrogens is 374 g/mol. The molecule has 0 spiro atoms. The number of methoxy groups -OCH3 is 1. The van der Waals surface area contributed by atoms with E-state index in [1.807, 2.05) is 43.0 Å². The summed E-state index contributed by atoms with van der Waals surface area (Å²) in [7, 11) is 1.62. The predicted molar refractivity (Wildman–Crippen MR) is 111 cm³/mol. The number of aromatic nitrogens is 1. The van der Waals surface area contributed by atoms with E-state index in [2.05, 4.69) is 17.2 Å². The van der Waals surface area contributed by atoms with Crippen molar-refractivity contribution in [3.8, 4) is 5.75 Å². The van der Waals surface area contributed by atoms with Crippen LogP contribution in [0.2, 0.25) is 0 Å². The second-order valence-corrected chi connectivity index (χ2v) is 8.32. The van der Waals surface area contributed by atoms with E-state index in [1.165, 1.54) is 11.3 Å². The van der Waals surface area contributed by atoms with Gasteiger partial charge in [0.05, 0.1) is 24.8 Å². The van der Waals surface area contributed by atoms with Crippen LogP contribution in [0.15, 0.2) is 24.3 Å². The second-order valence-electron chi connectivity index (χ2n) is 7.12. The van der Waals surface area contributed by atoms with Gasteiger partial charge in [-0.2, -0.15) is 0 Å². The van der Waals surface area contributed by atoms with Crippen molar-refractivity contribution in [3.05, 3.63) is 40.4 Å². The van der Waals surface area contributed by atoms with Crippen LogP contribution in [0, 0.1) is 19.8 Å². The fraction of sp³-hybridized carbons (Fsp3) is 0.476. The smallest absolute Gasteiger partial charge is 0.232 e. The Kier molecular flexibility index (Phi) is 6.34. The Balaban J connectivity index is 1.87. The summed E-state index contributed by atoms with van der Waals surface area (Å²) >= 11 is 1.46. The van der Waals surface area contributed by atoms with E-state index >= 15 is 0 Å². The van der Waals surface area contributed by atoms with Crippen LogP contribution in [-0.2, 0) is 9.59 Å². The lowest BCUT2D eigenvalue weighted by atomic mass is 9.92. The molecule has 0 radical (unpaired) electrons. The highest BCUT2D eigenvalue weighted by atomic mass is 32.1. The zero-order chi connectivity index (χ0) is 20.3. The Hall–Kier alpha value is -2.41. The number of nitrogens with zero attached hydrogens (tertiary/aromatic N) is 2. The Morgan fingerprint density at radius 1 is 1.32 bits per heavy atom. The molecule has 150 valence electrons. The van der Waals surface area contributed by atoms with E-state index in [4.69, 9.17) is 4.74 Å². The molecule has 2 unspecified atom stereocenters. The van der Waals surface area contributed by atoms with Crippen LogP contribution in [0.25, 0.3) is 0 Å². The number of ether oxygens (including phenoxy) is 1. The van der Waals surface area contributed by atoms with Gasteiger partial charge in [-0.3, -0.25) is 9.59 Å². The molecule has 6 nitrogen and oxygen atoms in total. The first-order valence-corrected chi connectivity index (χ1v) is 10.4. The minimum Gasteiger partial charge on any atom is -0.497 e. The highest BCUT2D eigenvalue weighted by molar-refractivity contribution is 7.15. The molecule has 1 aliphatic heterocycles. The van der Waals surface area contributed by atoms with Crippen LogP contribution in [0.4, 0.5) is 5.13 Å². The topological polar surface area (TPSA) is 71.5 Å². The molecule has 1 fully saturated rings. The van der Waals surface area contributed by atoms with Gasteiger partial charge in [-0.1, -0.05) is 25.5 Å². The number of hydrogen-bond acceptors (Lipinski definition) is 5. The molecule has 1 aliphatic rings. The van der Waals surface area contributed by atoms with Gasteiger partial charge in [-0.15, -0.1) is 11.3 Å². The number of thiazole rings is 1. The molecule has 0 aliphatic carbocycles. The van der Waals surface area contributed by atoms with Crippen molar-refractivity contribution >= 4 is 28.3 Å². The number of benzene rings is 1. The van der Waals surface area contributed by atoms with Crippen molar-refractivity contribution in [1.82, 2.24) is 9.88 Å². The van der Waals surface area contributed by atoms with Crippen LogP contribution < -0.4 is 10.1 Å². The number of rotatable bonds is 7. The Labute approximate surface area is 169 Å². The molecule has 1 aromatic heterocycles. The van der Waals surface area contributed by atoms with Crippen molar-refractivity contribution in [2.45, 2.75) is 46.1 Å². The number of carbonyl (C=O) groups is 2. The minimum absolute atomic E-state index is 0.0286. The van der Waals surface area contributed by atoms with E-state index in [9.17, 15) is 9.59 Å². The average Bonchev–Trinajstić information content (AvgIpc) is 3.18. The fourth-order valence-electron chi connectivity index (χ4n) is 3.56. The Morgan fingerprint density at radius 2 is 2.04 bits per heavy atom. The normalized spacial score (nSPS) is 19.1. The standard InChI is InChI=1S/C21H27N3O3S/c1-5-6-11-24-18(25)12-17(19(24)15-7-9-16(27-4)10-8-15)20(26)23-21-22-13(2)14(3)28-21/h7-10,17,19H,5-6,11-12H2,1-4H3,(H,22,23,26). The van der Waals surface area contributed by atoms with E-state index in [-0.39, 0.29) is 24.3 Å². The molecule has 2 amide bonds. The number of nitrogens with one attached hydrogen (secondary N) is 1. The SMILES string of the molecule is CCCCN1C(=O)CC(C(=O)Nc2nc(C)c(C)s2)C1c1ccc(OC)cc1. The maximum Gasteiger partial charge on any atom is 0.232 e. The van der Waals surface area contributed by atoms with E-state index < -0.39 is 5.92 Å². The molecule has 2 atom stereocenters. The summed E-state index contributed by atoms with van der Waals surface area (Å²) < 4.78 is 5.24. The highest BCUT2D eigenvalue weighted by Gasteiger charge is 2.44. The van der Waals surface area contributed by atoms with Crippen LogP contribution in [0.5, 0.6) is 5.75 Å². The van der Waals surface area contributed by atoms with Crippen molar-refractivity contribution in [2.24, 2.45) is 5.92 Å². The van der Waals surface area contributed by atoms with Crippen molar-refractivity contribution in [1.29, 1.82) is 0 Å². The maximum absolute atomic E-state index is 13.1. The molecular formula is C21H27N3O3S. The summed E-state index contributed by atoms with van der Waals surface area (Å²) in [5, 5.41) is 3.52. The zero-order valence-corrected chi connectivity index (χ0v) is 17.6. The summed E-state index contributed by atoms with van der Waals surface area (Å²) in [4.78, 5) is 33.1. The molecule has 28 heavy (non-hydrogen) atoms. The van der Waals surface area contributed by atoms with Crippen LogP contribution in [0.3, 0.4) is 0 Å². The van der Waals surface area contributed by atoms with Crippen LogP contribution in [0.1, 0.15) is 48.4 Å². The number of carbonyl (C=O) groups excluding carboxylic acids is 2. The third-order valence-electron chi connectivity index (χ3n) is 5.24. The van der Waals surface area contributed by atoms with E-state index in [0.717, 1.165) is 34.7 Å². The van der Waals surface area contributed by atoms with Gasteiger partial charge < -0.3 is 15.0 Å². The van der Waals surface area contributed by atoms with Gasteiger partial charge in [-0.25, -0.2) is 4.98 Å². The first-order chi connectivity index (χ1) is 13.4. The second kappa shape index (κ2) is 8.73. The molecule has 1 saturated heterocycles. The quantitative estimate of drug-likeness (QED) is 0.758. The largest absolute Gasteiger partial charge is 0.497 e. The van der Waals surface area contributed by atoms with Gasteiger partial charge in [-0.05, 0) is 38.0 Å². The third-order valence-corrected chi connectivity index (χ3v) is 6.23. The summed E-state index contributed by atoms with van der Waals surface area (Å²) in [6, 6.07) is 7.36. The number of likely N-dealkylation sites (tertiary alicyclic amines) is 1. The van der Waals surface area contributed by atoms with Gasteiger partial charge in [0, 0.05) is 17.8 Å². The Bertz CT molecular complexity index is 828. The maximum atomic E-state index is 13.1. The third kappa shape index (κ3) is 4.19. The van der Waals surface area contributed by atoms with Crippen molar-refractivity contribution in [2.75, 3.05) is 19.0 Å². The number of amides is 2. The lowest BCUT2D eigenvalue weighted by Gasteiger charge is -2.28. The van der Waals surface area contributed by atoms with Gasteiger partial charge in [0.25, 0.3) is 0 Å². The first-order valence-electron chi connectivity index (χ1n) is 9.63. The average molecular weight is 402 g/mol. The molecule has 2 heterocycles. The lowest BCUT2D eigenvalue weighted by molar-refractivity contribution is -0.129. The van der Waals surface area contributed by atoms with Gasteiger partial charge in [0.15, 0.2) is 5.13 Å². The molecule has 0 saturated carbocycles. The van der Waals surface area contributed by atoms with Crippen LogP contribution >= 0.6 is 11.3 Å². The van der Waals surface area contributed by atoms with Crippen molar-refractivity contribution in [3.63, 3.8) is 0 Å². The number of aryl methyl sites for hydroxylation is 2. The number of hydrogen-bond donors (Lipinski definition) is 1. The summed E-state index contributed by atoms with van der Waals surface area (Å²) in [6.07, 6.45) is 2.13.